The molecule has 0 bridgehead atoms. The minimum Gasteiger partial charge on any atom is -0.477 e. The van der Waals surface area contributed by atoms with Crippen LogP contribution in [0.4, 0.5) is 5.82 Å². The average Bonchev–Trinajstić information content (AvgIpc) is 2.74. The second-order valence-corrected chi connectivity index (χ2v) is 4.59. The Morgan fingerprint density at radius 3 is 2.26 bits per heavy atom. The lowest BCUT2D eigenvalue weighted by molar-refractivity contribution is 0.302. The van der Waals surface area contributed by atoms with Gasteiger partial charge in [-0.2, -0.15) is 0 Å². The molecule has 0 saturated heterocycles. The summed E-state index contributed by atoms with van der Waals surface area (Å²) >= 11 is 0. The fourth-order valence-corrected chi connectivity index (χ4v) is 2.08. The van der Waals surface area contributed by atoms with Crippen LogP contribution in [0.5, 0.6) is 5.88 Å². The third-order valence-corrected chi connectivity index (χ3v) is 3.18. The van der Waals surface area contributed by atoms with Crippen molar-refractivity contribution in [1.82, 2.24) is 15.0 Å². The van der Waals surface area contributed by atoms with Crippen LogP contribution in [0.1, 0.15) is 45.0 Å². The molecule has 0 saturated carbocycles. The van der Waals surface area contributed by atoms with Crippen molar-refractivity contribution in [2.45, 2.75) is 46.5 Å². The van der Waals surface area contributed by atoms with Crippen LogP contribution in [0.15, 0.2) is 0 Å². The summed E-state index contributed by atoms with van der Waals surface area (Å²) in [6.45, 7) is 6.97. The van der Waals surface area contributed by atoms with E-state index in [2.05, 4.69) is 35.7 Å². The normalized spacial score (nSPS) is 11.1. The molecule has 0 radical (unpaired) electrons. The fraction of sp³-hybridized carbons (Fsp3) is 0.571. The topological polar surface area (TPSA) is 76.8 Å². The Hall–Kier alpha value is -1.78. The summed E-state index contributed by atoms with van der Waals surface area (Å²) in [6.07, 6.45) is 3.84. The van der Waals surface area contributed by atoms with Crippen LogP contribution in [0.2, 0.25) is 0 Å². The molecule has 2 aromatic rings. The number of rotatable bonds is 6. The van der Waals surface area contributed by atoms with Crippen molar-refractivity contribution < 1.29 is 4.74 Å². The third-order valence-electron chi connectivity index (χ3n) is 3.18. The van der Waals surface area contributed by atoms with Gasteiger partial charge in [0.1, 0.15) is 11.3 Å². The number of aromatic amines is 1. The van der Waals surface area contributed by atoms with Gasteiger partial charge in [0.25, 0.3) is 0 Å². The summed E-state index contributed by atoms with van der Waals surface area (Å²) in [5, 5.41) is 0. The number of fused-ring (bicyclic) bond motifs is 1. The first-order valence-corrected chi connectivity index (χ1v) is 7.00. The predicted octanol–water partition coefficient (Wildman–Crippen LogP) is 2.84. The molecular weight excluding hydrogens is 240 g/mol. The standard InChI is InChI=1S/C14H22N4O/c1-4-7-8-19-14-12-11(13(15)18-14)16-9(5-2)10(6-3)17-12/h18H,4-8,15H2,1-3H3. The van der Waals surface area contributed by atoms with E-state index in [1.165, 1.54) is 0 Å². The average molecular weight is 262 g/mol. The zero-order valence-corrected chi connectivity index (χ0v) is 11.9. The van der Waals surface area contributed by atoms with Crippen molar-refractivity contribution in [3.8, 4) is 5.88 Å². The molecule has 0 amide bonds. The van der Waals surface area contributed by atoms with Crippen LogP contribution in [0.3, 0.4) is 0 Å². The highest BCUT2D eigenvalue weighted by Crippen LogP contribution is 2.28. The highest BCUT2D eigenvalue weighted by atomic mass is 16.5. The van der Waals surface area contributed by atoms with Crippen LogP contribution < -0.4 is 10.5 Å². The van der Waals surface area contributed by atoms with E-state index >= 15 is 0 Å². The van der Waals surface area contributed by atoms with Crippen LogP contribution in [0, 0.1) is 0 Å². The lowest BCUT2D eigenvalue weighted by Gasteiger charge is -2.06. The van der Waals surface area contributed by atoms with E-state index < -0.39 is 0 Å². The first-order chi connectivity index (χ1) is 9.21. The van der Waals surface area contributed by atoms with Crippen LogP contribution in [-0.4, -0.2) is 21.6 Å². The number of nitrogens with two attached hydrogens (primary N) is 1. The molecule has 0 spiro atoms. The van der Waals surface area contributed by atoms with Crippen molar-refractivity contribution in [3.63, 3.8) is 0 Å². The van der Waals surface area contributed by atoms with Gasteiger partial charge in [0.2, 0.25) is 5.88 Å². The maximum absolute atomic E-state index is 5.96. The molecule has 104 valence electrons. The highest BCUT2D eigenvalue weighted by molar-refractivity contribution is 5.90. The molecule has 5 heteroatoms. The number of hydrogen-bond donors (Lipinski definition) is 2. The van der Waals surface area contributed by atoms with Crippen LogP contribution >= 0.6 is 0 Å². The number of unbranched alkanes of at least 4 members (excludes halogenated alkanes) is 1. The zero-order valence-electron chi connectivity index (χ0n) is 11.9. The minimum atomic E-state index is 0.534. The van der Waals surface area contributed by atoms with Crippen molar-refractivity contribution in [1.29, 1.82) is 0 Å². The van der Waals surface area contributed by atoms with Gasteiger partial charge in [0.05, 0.1) is 18.0 Å². The zero-order chi connectivity index (χ0) is 13.8. The number of nitrogen functional groups attached to an aromatic ring is 1. The second kappa shape index (κ2) is 5.91. The van der Waals surface area contributed by atoms with Crippen LogP contribution in [0.25, 0.3) is 11.0 Å². The second-order valence-electron chi connectivity index (χ2n) is 4.59. The van der Waals surface area contributed by atoms with Gasteiger partial charge >= 0.3 is 0 Å². The molecule has 0 aromatic carbocycles. The molecule has 3 N–H and O–H groups in total. The molecule has 2 rings (SSSR count). The highest BCUT2D eigenvalue weighted by Gasteiger charge is 2.15. The lowest BCUT2D eigenvalue weighted by Crippen LogP contribution is -2.01. The quantitative estimate of drug-likeness (QED) is 0.785. The molecule has 0 fully saturated rings. The Kier molecular flexibility index (Phi) is 4.24. The molecule has 19 heavy (non-hydrogen) atoms. The molecule has 0 atom stereocenters. The minimum absolute atomic E-state index is 0.534. The van der Waals surface area contributed by atoms with E-state index in [4.69, 9.17) is 10.5 Å². The van der Waals surface area contributed by atoms with Crippen molar-refractivity contribution in [2.24, 2.45) is 0 Å². The monoisotopic (exact) mass is 262 g/mol. The SMILES string of the molecule is CCCCOc1[nH]c(N)c2nc(CC)c(CC)nc12. The van der Waals surface area contributed by atoms with Gasteiger partial charge in [-0.15, -0.1) is 0 Å². The smallest absolute Gasteiger partial charge is 0.221 e. The maximum atomic E-state index is 5.96. The van der Waals surface area contributed by atoms with E-state index in [0.717, 1.165) is 48.1 Å². The number of aromatic nitrogens is 3. The summed E-state index contributed by atoms with van der Waals surface area (Å²) in [5.41, 5.74) is 9.47. The van der Waals surface area contributed by atoms with Gasteiger partial charge in [-0.05, 0) is 19.3 Å². The number of nitrogens with one attached hydrogen (secondary N) is 1. The molecular formula is C14H22N4O. The molecule has 5 nitrogen and oxygen atoms in total. The van der Waals surface area contributed by atoms with Gasteiger partial charge in [0.15, 0.2) is 5.52 Å². The number of nitrogens with zero attached hydrogens (tertiary/aromatic N) is 2. The Bertz CT molecular complexity index is 562. The first kappa shape index (κ1) is 13.6. The lowest BCUT2D eigenvalue weighted by atomic mass is 10.2. The summed E-state index contributed by atoms with van der Waals surface area (Å²) in [5.74, 6) is 1.18. The Balaban J connectivity index is 2.43. The molecule has 2 heterocycles. The summed E-state index contributed by atoms with van der Waals surface area (Å²) < 4.78 is 5.72. The third kappa shape index (κ3) is 2.64. The van der Waals surface area contributed by atoms with Gasteiger partial charge < -0.3 is 15.5 Å². The number of hydrogen-bond acceptors (Lipinski definition) is 4. The molecule has 2 aromatic heterocycles. The summed E-state index contributed by atoms with van der Waals surface area (Å²) in [7, 11) is 0. The van der Waals surface area contributed by atoms with Crippen molar-refractivity contribution in [2.75, 3.05) is 12.3 Å². The molecule has 0 aliphatic rings. The Morgan fingerprint density at radius 2 is 1.68 bits per heavy atom. The molecule has 0 aliphatic heterocycles. The van der Waals surface area contributed by atoms with E-state index in [-0.39, 0.29) is 0 Å². The number of ether oxygens (including phenoxy) is 1. The largest absolute Gasteiger partial charge is 0.477 e. The number of anilines is 1. The van der Waals surface area contributed by atoms with E-state index in [9.17, 15) is 0 Å². The predicted molar refractivity (Wildman–Crippen MR) is 77.5 cm³/mol. The Labute approximate surface area is 113 Å². The molecule has 0 aliphatic carbocycles. The van der Waals surface area contributed by atoms with Gasteiger partial charge in [0, 0.05) is 0 Å². The van der Waals surface area contributed by atoms with Gasteiger partial charge in [-0.25, -0.2) is 9.97 Å². The van der Waals surface area contributed by atoms with Crippen molar-refractivity contribution >= 4 is 16.9 Å². The van der Waals surface area contributed by atoms with E-state index in [1.807, 2.05) is 0 Å². The van der Waals surface area contributed by atoms with Crippen molar-refractivity contribution in [3.05, 3.63) is 11.4 Å². The maximum Gasteiger partial charge on any atom is 0.221 e. The summed E-state index contributed by atoms with van der Waals surface area (Å²) in [4.78, 5) is 12.3. The van der Waals surface area contributed by atoms with Gasteiger partial charge in [-0.1, -0.05) is 27.2 Å². The van der Waals surface area contributed by atoms with E-state index in [1.54, 1.807) is 0 Å². The van der Waals surface area contributed by atoms with E-state index in [0.29, 0.717) is 18.3 Å². The van der Waals surface area contributed by atoms with Gasteiger partial charge in [-0.3, -0.25) is 0 Å². The molecule has 0 unspecified atom stereocenters. The number of aryl methyl sites for hydroxylation is 2. The first-order valence-electron chi connectivity index (χ1n) is 7.00. The van der Waals surface area contributed by atoms with Crippen LogP contribution in [-0.2, 0) is 12.8 Å². The Morgan fingerprint density at radius 1 is 1.05 bits per heavy atom. The number of H-pyrrole nitrogens is 1. The summed E-state index contributed by atoms with van der Waals surface area (Å²) in [6, 6.07) is 0. The fourth-order valence-electron chi connectivity index (χ4n) is 2.08.